The van der Waals surface area contributed by atoms with Gasteiger partial charge in [0.15, 0.2) is 5.96 Å². The van der Waals surface area contributed by atoms with Crippen LogP contribution in [0.1, 0.15) is 0 Å². The average Bonchev–Trinajstić information content (AvgIpc) is 2.42. The van der Waals surface area contributed by atoms with Crippen LogP contribution in [0.15, 0.2) is 60.7 Å². The first-order chi connectivity index (χ1) is 9.20. The number of anilines is 2. The van der Waals surface area contributed by atoms with Crippen LogP contribution in [-0.4, -0.2) is 5.96 Å². The summed E-state index contributed by atoms with van der Waals surface area (Å²) in [6.45, 7) is 0. The zero-order chi connectivity index (χ0) is 14.1. The van der Waals surface area contributed by atoms with Crippen molar-refractivity contribution in [3.63, 3.8) is 0 Å². The van der Waals surface area contributed by atoms with Crippen molar-refractivity contribution >= 4 is 17.3 Å². The Balaban J connectivity index is 0.000000550. The number of hydrogen-bond donors (Lipinski definition) is 2. The number of guanidine groups is 1. The second-order valence-corrected chi connectivity index (χ2v) is 3.65. The number of nitrogens with one attached hydrogen (secondary N) is 1. The number of para-hydroxylation sites is 2. The van der Waals surface area contributed by atoms with Gasteiger partial charge in [0.05, 0.1) is 0 Å². The first-order valence-corrected chi connectivity index (χ1v) is 6.30. The average molecular weight is 298 g/mol. The Kier molecular flexibility index (Phi) is 6.29. The van der Waals surface area contributed by atoms with Crippen molar-refractivity contribution in [2.75, 3.05) is 4.90 Å². The molecule has 0 fully saturated rings. The minimum absolute atomic E-state index is 0.0115. The molecule has 0 saturated carbocycles. The van der Waals surface area contributed by atoms with Gasteiger partial charge in [-0.05, 0) is 24.3 Å². The van der Waals surface area contributed by atoms with Crippen molar-refractivity contribution < 1.29 is 22.5 Å². The first kappa shape index (κ1) is 14.9. The fourth-order valence-electron chi connectivity index (χ4n) is 1.58. The topological polar surface area (TPSA) is 87.2 Å². The van der Waals surface area contributed by atoms with E-state index in [1.165, 1.54) is 0 Å². The molecule has 19 heavy (non-hydrogen) atoms. The zero-order valence-electron chi connectivity index (χ0n) is 9.99. The Morgan fingerprint density at radius 2 is 1.21 bits per heavy atom. The predicted octanol–water partition coefficient (Wildman–Crippen LogP) is 2.48. The SMILES string of the molecule is N=C(N)N(c1ccccc1)c1ccccc1.[O]=[Mn]=[O]. The zero-order valence-corrected chi connectivity index (χ0v) is 11.2. The number of benzene rings is 2. The van der Waals surface area contributed by atoms with Gasteiger partial charge in [-0.1, -0.05) is 36.4 Å². The Morgan fingerprint density at radius 3 is 1.47 bits per heavy atom. The fourth-order valence-corrected chi connectivity index (χ4v) is 1.58. The molecule has 2 aromatic carbocycles. The van der Waals surface area contributed by atoms with Gasteiger partial charge >= 0.3 is 22.5 Å². The number of nitrogens with zero attached hydrogens (tertiary/aromatic N) is 1. The summed E-state index contributed by atoms with van der Waals surface area (Å²) in [6.07, 6.45) is 0. The molecule has 0 bridgehead atoms. The molecule has 0 aliphatic heterocycles. The summed E-state index contributed by atoms with van der Waals surface area (Å²) in [5.74, 6) is 0.0115. The minimum atomic E-state index is -1.44. The second-order valence-electron chi connectivity index (χ2n) is 3.45. The molecule has 5 nitrogen and oxygen atoms in total. The van der Waals surface area contributed by atoms with Crippen molar-refractivity contribution in [3.05, 3.63) is 60.7 Å². The van der Waals surface area contributed by atoms with Crippen molar-refractivity contribution in [2.24, 2.45) is 5.73 Å². The van der Waals surface area contributed by atoms with Crippen LogP contribution < -0.4 is 10.6 Å². The monoisotopic (exact) mass is 298 g/mol. The predicted molar refractivity (Wildman–Crippen MR) is 68.3 cm³/mol. The van der Waals surface area contributed by atoms with E-state index >= 15 is 0 Å². The maximum atomic E-state index is 8.41. The molecule has 0 aliphatic carbocycles. The van der Waals surface area contributed by atoms with E-state index in [1.807, 2.05) is 60.7 Å². The Morgan fingerprint density at radius 1 is 0.895 bits per heavy atom. The summed E-state index contributed by atoms with van der Waals surface area (Å²) in [6, 6.07) is 19.3. The molecule has 0 radical (unpaired) electrons. The van der Waals surface area contributed by atoms with E-state index in [1.54, 1.807) is 4.90 Å². The summed E-state index contributed by atoms with van der Waals surface area (Å²) < 4.78 is 16.8. The van der Waals surface area contributed by atoms with Crippen LogP contribution in [0.5, 0.6) is 0 Å². The van der Waals surface area contributed by atoms with Crippen molar-refractivity contribution in [3.8, 4) is 0 Å². The Labute approximate surface area is 117 Å². The van der Waals surface area contributed by atoms with Crippen LogP contribution in [0, 0.1) is 5.41 Å². The van der Waals surface area contributed by atoms with E-state index in [4.69, 9.17) is 18.8 Å². The summed E-state index contributed by atoms with van der Waals surface area (Å²) in [5, 5.41) is 7.63. The van der Waals surface area contributed by atoms with Gasteiger partial charge < -0.3 is 5.73 Å². The first-order valence-electron chi connectivity index (χ1n) is 5.34. The van der Waals surface area contributed by atoms with Gasteiger partial charge in [-0.2, -0.15) is 0 Å². The third-order valence-electron chi connectivity index (χ3n) is 2.27. The molecule has 0 spiro atoms. The van der Waals surface area contributed by atoms with Gasteiger partial charge in [-0.25, -0.2) is 0 Å². The fraction of sp³-hybridized carbons (Fsp3) is 0. The van der Waals surface area contributed by atoms with Crippen LogP contribution in [0.3, 0.4) is 0 Å². The van der Waals surface area contributed by atoms with Gasteiger partial charge in [-0.15, -0.1) is 0 Å². The number of nitrogens with two attached hydrogens (primary N) is 1. The molecule has 0 atom stereocenters. The van der Waals surface area contributed by atoms with Crippen LogP contribution in [0.2, 0.25) is 0 Å². The molecule has 2 rings (SSSR count). The van der Waals surface area contributed by atoms with Crippen molar-refractivity contribution in [1.29, 1.82) is 5.41 Å². The van der Waals surface area contributed by atoms with Gasteiger partial charge in [0.25, 0.3) is 0 Å². The summed E-state index contributed by atoms with van der Waals surface area (Å²) in [5.41, 5.74) is 7.39. The van der Waals surface area contributed by atoms with Crippen LogP contribution in [0.4, 0.5) is 11.4 Å². The molecular weight excluding hydrogens is 285 g/mol. The Hall–Kier alpha value is -2.17. The van der Waals surface area contributed by atoms with E-state index in [2.05, 4.69) is 0 Å². The van der Waals surface area contributed by atoms with Gasteiger partial charge in [0.2, 0.25) is 0 Å². The molecule has 6 heteroatoms. The van der Waals surface area contributed by atoms with Crippen molar-refractivity contribution in [2.45, 2.75) is 0 Å². The van der Waals surface area contributed by atoms with E-state index < -0.39 is 14.8 Å². The van der Waals surface area contributed by atoms with E-state index in [9.17, 15) is 0 Å². The summed E-state index contributed by atoms with van der Waals surface area (Å²) in [4.78, 5) is 1.69. The summed E-state index contributed by atoms with van der Waals surface area (Å²) >= 11 is -1.44. The molecule has 0 amide bonds. The molecule has 2 aromatic rings. The van der Waals surface area contributed by atoms with Gasteiger partial charge in [-0.3, -0.25) is 10.3 Å². The maximum absolute atomic E-state index is 8.41. The Bertz CT molecular complexity index is 515. The molecule has 0 heterocycles. The molecule has 0 aromatic heterocycles. The number of rotatable bonds is 2. The quantitative estimate of drug-likeness (QED) is 0.506. The normalized spacial score (nSPS) is 8.84. The third-order valence-corrected chi connectivity index (χ3v) is 2.27. The molecule has 0 saturated heterocycles. The molecular formula is C13H13MnN3O2. The number of hydrogen-bond acceptors (Lipinski definition) is 3. The standard InChI is InChI=1S/C13H13N3.Mn.2O/c14-13(15)16(11-7-3-1-4-8-11)12-9-5-2-6-10-12;;;/h1-10H,(H3,14,15);;;. The molecule has 0 aliphatic rings. The van der Waals surface area contributed by atoms with E-state index in [0.717, 1.165) is 11.4 Å². The summed E-state index contributed by atoms with van der Waals surface area (Å²) in [7, 11) is 0. The van der Waals surface area contributed by atoms with Gasteiger partial charge in [0, 0.05) is 11.4 Å². The molecule has 99 valence electrons. The van der Waals surface area contributed by atoms with E-state index in [0.29, 0.717) is 0 Å². The molecule has 3 N–H and O–H groups in total. The second kappa shape index (κ2) is 8.02. The van der Waals surface area contributed by atoms with Gasteiger partial charge in [0.1, 0.15) is 0 Å². The van der Waals surface area contributed by atoms with Crippen molar-refractivity contribution in [1.82, 2.24) is 0 Å². The van der Waals surface area contributed by atoms with Crippen LogP contribution >= 0.6 is 0 Å². The van der Waals surface area contributed by atoms with Crippen LogP contribution in [-0.2, 0) is 22.5 Å². The third kappa shape index (κ3) is 4.54. The van der Waals surface area contributed by atoms with E-state index in [-0.39, 0.29) is 5.96 Å². The molecule has 0 unspecified atom stereocenters. The van der Waals surface area contributed by atoms with Crippen LogP contribution in [0.25, 0.3) is 0 Å².